The van der Waals surface area contributed by atoms with Crippen LogP contribution in [-0.4, -0.2) is 42.5 Å². The molecule has 0 bridgehead atoms. The van der Waals surface area contributed by atoms with Gasteiger partial charge in [-0.25, -0.2) is 9.78 Å². The summed E-state index contributed by atoms with van der Waals surface area (Å²) in [6.07, 6.45) is -1.28. The number of carboxylic acid groups (broad SMARTS) is 1. The minimum absolute atomic E-state index is 0.0609. The van der Waals surface area contributed by atoms with Gasteiger partial charge in [-0.1, -0.05) is 30.3 Å². The number of para-hydroxylation sites is 1. The number of aromatic nitrogens is 1. The normalized spacial score (nSPS) is 10.2. The number of rotatable bonds is 9. The SMILES string of the molecule is COCOc1ccccc1-c1cc(-c2cccc(CNC(=O)CNC(=O)O)c2)c(C#N)c(N)n1. The largest absolute Gasteiger partial charge is 0.467 e. The number of anilines is 1. The molecule has 3 rings (SSSR count). The lowest BCUT2D eigenvalue weighted by Crippen LogP contribution is -2.35. The van der Waals surface area contributed by atoms with Crippen molar-refractivity contribution in [1.29, 1.82) is 5.26 Å². The molecule has 2 amide bonds. The van der Waals surface area contributed by atoms with E-state index < -0.39 is 12.0 Å². The number of nitrogens with two attached hydrogens (primary N) is 1. The number of amides is 2. The van der Waals surface area contributed by atoms with Crippen molar-refractivity contribution in [2.24, 2.45) is 0 Å². The molecule has 0 fully saturated rings. The predicted octanol–water partition coefficient (Wildman–Crippen LogP) is 2.74. The molecule has 1 heterocycles. The molecule has 34 heavy (non-hydrogen) atoms. The van der Waals surface area contributed by atoms with Crippen molar-refractivity contribution >= 4 is 17.8 Å². The van der Waals surface area contributed by atoms with E-state index in [2.05, 4.69) is 16.4 Å². The van der Waals surface area contributed by atoms with Crippen LogP contribution < -0.4 is 21.1 Å². The number of benzene rings is 2. The highest BCUT2D eigenvalue weighted by Gasteiger charge is 2.16. The van der Waals surface area contributed by atoms with Gasteiger partial charge < -0.3 is 30.9 Å². The lowest BCUT2D eigenvalue weighted by Gasteiger charge is -2.14. The second kappa shape index (κ2) is 11.3. The highest BCUT2D eigenvalue weighted by Crippen LogP contribution is 2.35. The topological polar surface area (TPSA) is 160 Å². The Morgan fingerprint density at radius 3 is 2.65 bits per heavy atom. The van der Waals surface area contributed by atoms with E-state index in [1.807, 2.05) is 35.6 Å². The van der Waals surface area contributed by atoms with Crippen molar-refractivity contribution in [3.8, 4) is 34.2 Å². The van der Waals surface area contributed by atoms with E-state index >= 15 is 0 Å². The van der Waals surface area contributed by atoms with Crippen LogP contribution in [0.15, 0.2) is 54.6 Å². The maximum absolute atomic E-state index is 11.8. The molecule has 0 spiro atoms. The third-order valence-electron chi connectivity index (χ3n) is 4.78. The summed E-state index contributed by atoms with van der Waals surface area (Å²) in [7, 11) is 1.52. The smallest absolute Gasteiger partial charge is 0.405 e. The first-order chi connectivity index (χ1) is 16.4. The molecule has 0 unspecified atom stereocenters. The van der Waals surface area contributed by atoms with Gasteiger partial charge in [-0.2, -0.15) is 5.26 Å². The standard InChI is InChI=1S/C24H23N5O5/c1-33-14-34-21-8-3-2-7-17(21)20-10-18(19(11-25)23(26)29-20)16-6-4-5-15(9-16)12-27-22(30)13-28-24(31)32/h2-10,28H,12-14H2,1H3,(H2,26,29)(H,27,30)(H,31,32). The fraction of sp³-hybridized carbons (Fsp3) is 0.167. The molecule has 0 aliphatic heterocycles. The van der Waals surface area contributed by atoms with Gasteiger partial charge in [0.15, 0.2) is 6.79 Å². The van der Waals surface area contributed by atoms with E-state index in [1.54, 1.807) is 24.3 Å². The lowest BCUT2D eigenvalue weighted by atomic mass is 9.97. The van der Waals surface area contributed by atoms with Crippen LogP contribution in [0, 0.1) is 11.3 Å². The van der Waals surface area contributed by atoms with Crippen LogP contribution in [-0.2, 0) is 16.1 Å². The first-order valence-corrected chi connectivity index (χ1v) is 10.2. The van der Waals surface area contributed by atoms with Crippen molar-refractivity contribution in [2.45, 2.75) is 6.54 Å². The second-order valence-electron chi connectivity index (χ2n) is 7.11. The summed E-state index contributed by atoms with van der Waals surface area (Å²) in [6, 6.07) is 18.4. The van der Waals surface area contributed by atoms with Gasteiger partial charge in [0.25, 0.3) is 0 Å². The Morgan fingerprint density at radius 1 is 1.12 bits per heavy atom. The number of nitrogens with one attached hydrogen (secondary N) is 2. The van der Waals surface area contributed by atoms with Crippen LogP contribution in [0.25, 0.3) is 22.4 Å². The number of ether oxygens (including phenoxy) is 2. The van der Waals surface area contributed by atoms with Crippen LogP contribution in [0.3, 0.4) is 0 Å². The number of nitriles is 1. The third kappa shape index (κ3) is 5.99. The Balaban J connectivity index is 1.94. The molecule has 2 aromatic carbocycles. The molecule has 0 aliphatic rings. The van der Waals surface area contributed by atoms with Gasteiger partial charge in [0.1, 0.15) is 23.2 Å². The van der Waals surface area contributed by atoms with Crippen LogP contribution >= 0.6 is 0 Å². The minimum Gasteiger partial charge on any atom is -0.467 e. The van der Waals surface area contributed by atoms with Crippen LogP contribution in [0.5, 0.6) is 5.75 Å². The Labute approximate surface area is 195 Å². The zero-order chi connectivity index (χ0) is 24.5. The molecular weight excluding hydrogens is 438 g/mol. The second-order valence-corrected chi connectivity index (χ2v) is 7.11. The van der Waals surface area contributed by atoms with Crippen molar-refractivity contribution in [3.63, 3.8) is 0 Å². The number of carbonyl (C=O) groups excluding carboxylic acids is 1. The van der Waals surface area contributed by atoms with Crippen molar-refractivity contribution in [1.82, 2.24) is 15.6 Å². The number of methoxy groups -OCH3 is 1. The number of nitrogens with zero attached hydrogens (tertiary/aromatic N) is 2. The molecule has 0 aliphatic carbocycles. The third-order valence-corrected chi connectivity index (χ3v) is 4.78. The Hall–Kier alpha value is -4.62. The molecular formula is C24H23N5O5. The fourth-order valence-corrected chi connectivity index (χ4v) is 3.24. The van der Waals surface area contributed by atoms with Gasteiger partial charge in [-0.05, 0) is 35.4 Å². The van der Waals surface area contributed by atoms with Crippen LogP contribution in [0.4, 0.5) is 10.6 Å². The number of hydrogen-bond donors (Lipinski definition) is 4. The van der Waals surface area contributed by atoms with E-state index in [0.717, 1.165) is 5.56 Å². The van der Waals surface area contributed by atoms with E-state index in [-0.39, 0.29) is 31.3 Å². The average molecular weight is 461 g/mol. The van der Waals surface area contributed by atoms with E-state index in [9.17, 15) is 14.9 Å². The van der Waals surface area contributed by atoms with Crippen LogP contribution in [0.2, 0.25) is 0 Å². The Kier molecular flexibility index (Phi) is 7.99. The molecule has 0 atom stereocenters. The fourth-order valence-electron chi connectivity index (χ4n) is 3.24. The lowest BCUT2D eigenvalue weighted by molar-refractivity contribution is -0.120. The quantitative estimate of drug-likeness (QED) is 0.354. The summed E-state index contributed by atoms with van der Waals surface area (Å²) < 4.78 is 10.6. The van der Waals surface area contributed by atoms with Crippen molar-refractivity contribution < 1.29 is 24.2 Å². The summed E-state index contributed by atoms with van der Waals surface area (Å²) in [5, 5.41) is 23.0. The Bertz CT molecular complexity index is 1240. The molecule has 10 nitrogen and oxygen atoms in total. The van der Waals surface area contributed by atoms with Gasteiger partial charge in [-0.15, -0.1) is 0 Å². The van der Waals surface area contributed by atoms with Gasteiger partial charge >= 0.3 is 6.09 Å². The maximum Gasteiger partial charge on any atom is 0.405 e. The van der Waals surface area contributed by atoms with Crippen molar-refractivity contribution in [2.75, 3.05) is 26.2 Å². The highest BCUT2D eigenvalue weighted by molar-refractivity contribution is 5.83. The number of hydrogen-bond acceptors (Lipinski definition) is 7. The van der Waals surface area contributed by atoms with E-state index in [0.29, 0.717) is 28.1 Å². The monoisotopic (exact) mass is 461 g/mol. The molecule has 0 radical (unpaired) electrons. The zero-order valence-electron chi connectivity index (χ0n) is 18.4. The maximum atomic E-state index is 11.8. The molecule has 174 valence electrons. The Morgan fingerprint density at radius 2 is 1.91 bits per heavy atom. The average Bonchev–Trinajstić information content (AvgIpc) is 2.84. The first-order valence-electron chi connectivity index (χ1n) is 10.2. The molecule has 0 saturated carbocycles. The number of nitrogen functional groups attached to an aromatic ring is 1. The predicted molar refractivity (Wildman–Crippen MR) is 125 cm³/mol. The van der Waals surface area contributed by atoms with E-state index in [4.69, 9.17) is 20.3 Å². The summed E-state index contributed by atoms with van der Waals surface area (Å²) in [5.74, 6) is 0.168. The van der Waals surface area contributed by atoms with Crippen molar-refractivity contribution in [3.05, 3.63) is 65.7 Å². The van der Waals surface area contributed by atoms with Gasteiger partial charge in [-0.3, -0.25) is 4.79 Å². The van der Waals surface area contributed by atoms with Crippen LogP contribution in [0.1, 0.15) is 11.1 Å². The number of carbonyl (C=O) groups is 2. The molecule has 10 heteroatoms. The van der Waals surface area contributed by atoms with Gasteiger partial charge in [0.2, 0.25) is 5.91 Å². The van der Waals surface area contributed by atoms with E-state index in [1.165, 1.54) is 7.11 Å². The molecule has 5 N–H and O–H groups in total. The van der Waals surface area contributed by atoms with Gasteiger partial charge in [0, 0.05) is 24.8 Å². The molecule has 1 aromatic heterocycles. The zero-order valence-corrected chi connectivity index (χ0v) is 18.4. The summed E-state index contributed by atoms with van der Waals surface area (Å²) >= 11 is 0. The highest BCUT2D eigenvalue weighted by atomic mass is 16.7. The summed E-state index contributed by atoms with van der Waals surface area (Å²) in [5.41, 5.74) is 9.62. The molecule has 0 saturated heterocycles. The first kappa shape index (κ1) is 24.0. The molecule has 3 aromatic rings. The van der Waals surface area contributed by atoms with Gasteiger partial charge in [0.05, 0.1) is 12.2 Å². The summed E-state index contributed by atoms with van der Waals surface area (Å²) in [6.45, 7) is -0.106. The number of pyridine rings is 1. The summed E-state index contributed by atoms with van der Waals surface area (Å²) in [4.78, 5) is 26.7. The minimum atomic E-state index is -1.28.